The van der Waals surface area contributed by atoms with Gasteiger partial charge in [0, 0.05) is 17.6 Å². The third-order valence-corrected chi connectivity index (χ3v) is 6.40. The van der Waals surface area contributed by atoms with Crippen molar-refractivity contribution in [2.45, 2.75) is 77.6 Å². The molecular formula is C27H35FN4O3. The molecule has 3 aromatic rings. The Morgan fingerprint density at radius 2 is 1.91 bits per heavy atom. The zero-order valence-corrected chi connectivity index (χ0v) is 21.1. The lowest BCUT2D eigenvalue weighted by atomic mass is 9.87. The number of hydrogen-bond donors (Lipinski definition) is 2. The van der Waals surface area contributed by atoms with Crippen LogP contribution in [0.3, 0.4) is 0 Å². The number of alkyl halides is 1. The fourth-order valence-electron chi connectivity index (χ4n) is 4.32. The van der Waals surface area contributed by atoms with E-state index in [1.165, 1.54) is 26.7 Å². The number of aromatic nitrogens is 3. The van der Waals surface area contributed by atoms with E-state index in [0.29, 0.717) is 17.5 Å². The average molecular weight is 483 g/mol. The normalized spacial score (nSPS) is 19.1. The highest BCUT2D eigenvalue weighted by atomic mass is 19.1. The van der Waals surface area contributed by atoms with Crippen molar-refractivity contribution in [1.29, 1.82) is 0 Å². The minimum absolute atomic E-state index is 0.0341. The molecule has 0 spiro atoms. The summed E-state index contributed by atoms with van der Waals surface area (Å²) in [6, 6.07) is 8.68. The highest BCUT2D eigenvalue weighted by Gasteiger charge is 2.24. The van der Waals surface area contributed by atoms with Crippen LogP contribution in [0.4, 0.5) is 10.1 Å². The van der Waals surface area contributed by atoms with Gasteiger partial charge in [-0.1, -0.05) is 13.0 Å². The van der Waals surface area contributed by atoms with E-state index in [1.807, 2.05) is 16.9 Å². The molecule has 1 aromatic carbocycles. The molecule has 4 rings (SSSR count). The van der Waals surface area contributed by atoms with Crippen LogP contribution in [0.1, 0.15) is 82.5 Å². The molecule has 188 valence electrons. The van der Waals surface area contributed by atoms with Crippen molar-refractivity contribution >= 4 is 22.5 Å². The number of benzene rings is 1. The van der Waals surface area contributed by atoms with Gasteiger partial charge in [-0.15, -0.1) is 0 Å². The van der Waals surface area contributed by atoms with E-state index in [4.69, 9.17) is 9.84 Å². The van der Waals surface area contributed by atoms with Gasteiger partial charge in [-0.25, -0.2) is 9.37 Å². The van der Waals surface area contributed by atoms with Crippen LogP contribution in [0.25, 0.3) is 10.9 Å². The molecule has 0 bridgehead atoms. The zero-order chi connectivity index (χ0) is 25.4. The summed E-state index contributed by atoms with van der Waals surface area (Å²) in [7, 11) is 0. The predicted octanol–water partition coefficient (Wildman–Crippen LogP) is 5.79. The van der Waals surface area contributed by atoms with Crippen LogP contribution in [0, 0.1) is 5.92 Å². The van der Waals surface area contributed by atoms with Crippen molar-refractivity contribution < 1.29 is 19.0 Å². The summed E-state index contributed by atoms with van der Waals surface area (Å²) in [6.07, 6.45) is 6.56. The number of halogens is 1. The Bertz CT molecular complexity index is 1200. The van der Waals surface area contributed by atoms with E-state index < -0.39 is 17.2 Å². The second-order valence-corrected chi connectivity index (χ2v) is 10.9. The topological polar surface area (TPSA) is 89.3 Å². The number of aliphatic hydroxyl groups is 1. The molecule has 0 saturated heterocycles. The van der Waals surface area contributed by atoms with Gasteiger partial charge < -0.3 is 15.2 Å². The smallest absolute Gasteiger partial charge is 0.274 e. The maximum Gasteiger partial charge on any atom is 0.274 e. The summed E-state index contributed by atoms with van der Waals surface area (Å²) in [5, 5.41) is 18.7. The van der Waals surface area contributed by atoms with Gasteiger partial charge >= 0.3 is 0 Å². The fourth-order valence-corrected chi connectivity index (χ4v) is 4.32. The number of nitrogens with zero attached hydrogens (tertiary/aromatic N) is 3. The van der Waals surface area contributed by atoms with Crippen LogP contribution in [-0.2, 0) is 5.67 Å². The van der Waals surface area contributed by atoms with Gasteiger partial charge in [0.15, 0.2) is 0 Å². The van der Waals surface area contributed by atoms with Crippen LogP contribution in [-0.4, -0.2) is 38.0 Å². The lowest BCUT2D eigenvalue weighted by Crippen LogP contribution is -2.28. The largest absolute Gasteiger partial charge is 0.488 e. The summed E-state index contributed by atoms with van der Waals surface area (Å²) in [4.78, 5) is 17.2. The Balaban J connectivity index is 1.65. The maximum atomic E-state index is 14.4. The summed E-state index contributed by atoms with van der Waals surface area (Å²) in [5.41, 5.74) is -1.24. The van der Waals surface area contributed by atoms with Gasteiger partial charge in [0.25, 0.3) is 5.91 Å². The Morgan fingerprint density at radius 3 is 2.57 bits per heavy atom. The molecule has 2 heterocycles. The molecule has 1 amide bonds. The first kappa shape index (κ1) is 25.1. The molecule has 2 N–H and O–H groups in total. The van der Waals surface area contributed by atoms with Crippen molar-refractivity contribution in [2.24, 2.45) is 5.92 Å². The summed E-state index contributed by atoms with van der Waals surface area (Å²) in [5.74, 6) is 0.671. The quantitative estimate of drug-likeness (QED) is 0.445. The standard InChI is InChI=1S/C27H35FN4O3/c1-17-9-11-19(12-10-17)32-15-18-13-22(23(14-21(18)31-32)35-16-26(2,3)34)30-25(33)20-7-6-8-24(29-20)27(4,5)28/h6-8,13-15,17,19,34H,9-12,16H2,1-5H3,(H,30,33)/t17-,19-. The molecule has 8 heteroatoms. The molecule has 35 heavy (non-hydrogen) atoms. The Labute approximate surface area is 205 Å². The van der Waals surface area contributed by atoms with E-state index in [1.54, 1.807) is 38.1 Å². The minimum Gasteiger partial charge on any atom is -0.488 e. The monoisotopic (exact) mass is 482 g/mol. The first-order valence-corrected chi connectivity index (χ1v) is 12.2. The minimum atomic E-state index is -1.67. The molecule has 0 radical (unpaired) electrons. The number of nitrogens with one attached hydrogen (secondary N) is 1. The number of carbonyl (C=O) groups excluding carboxylic acids is 1. The molecule has 0 atom stereocenters. The second-order valence-electron chi connectivity index (χ2n) is 10.9. The van der Waals surface area contributed by atoms with Crippen molar-refractivity contribution in [2.75, 3.05) is 11.9 Å². The Morgan fingerprint density at radius 1 is 1.20 bits per heavy atom. The number of ether oxygens (including phenoxy) is 1. The third-order valence-electron chi connectivity index (χ3n) is 6.40. The van der Waals surface area contributed by atoms with Gasteiger partial charge in [0.2, 0.25) is 0 Å². The van der Waals surface area contributed by atoms with Crippen LogP contribution in [0.2, 0.25) is 0 Å². The molecule has 1 fully saturated rings. The first-order chi connectivity index (χ1) is 16.4. The van der Waals surface area contributed by atoms with Crippen LogP contribution < -0.4 is 10.1 Å². The summed E-state index contributed by atoms with van der Waals surface area (Å²) in [6.45, 7) is 8.42. The number of fused-ring (bicyclic) bond motifs is 1. The average Bonchev–Trinajstić information content (AvgIpc) is 3.19. The molecule has 1 aliphatic rings. The summed E-state index contributed by atoms with van der Waals surface area (Å²) >= 11 is 0. The molecule has 0 unspecified atom stereocenters. The third kappa shape index (κ3) is 6.17. The van der Waals surface area contributed by atoms with Crippen molar-refractivity contribution in [3.63, 3.8) is 0 Å². The van der Waals surface area contributed by atoms with Gasteiger partial charge in [-0.2, -0.15) is 5.10 Å². The van der Waals surface area contributed by atoms with Gasteiger partial charge in [-0.05, 0) is 77.5 Å². The number of pyridine rings is 1. The number of rotatable bonds is 7. The van der Waals surface area contributed by atoms with E-state index >= 15 is 0 Å². The van der Waals surface area contributed by atoms with E-state index in [2.05, 4.69) is 17.2 Å². The summed E-state index contributed by atoms with van der Waals surface area (Å²) < 4.78 is 22.3. The van der Waals surface area contributed by atoms with Crippen molar-refractivity contribution in [3.05, 3.63) is 47.9 Å². The molecule has 1 aliphatic carbocycles. The van der Waals surface area contributed by atoms with Crippen LogP contribution in [0.15, 0.2) is 36.5 Å². The highest BCUT2D eigenvalue weighted by Crippen LogP contribution is 2.35. The number of hydrogen-bond acceptors (Lipinski definition) is 5. The van der Waals surface area contributed by atoms with E-state index in [9.17, 15) is 14.3 Å². The van der Waals surface area contributed by atoms with Crippen LogP contribution in [0.5, 0.6) is 5.75 Å². The van der Waals surface area contributed by atoms with Crippen molar-refractivity contribution in [1.82, 2.24) is 14.8 Å². The Kier molecular flexibility index (Phi) is 6.86. The van der Waals surface area contributed by atoms with Gasteiger partial charge in [0.05, 0.1) is 28.5 Å². The van der Waals surface area contributed by atoms with Gasteiger partial charge in [-0.3, -0.25) is 9.48 Å². The fraction of sp³-hybridized carbons (Fsp3) is 0.519. The molecular weight excluding hydrogens is 447 g/mol. The van der Waals surface area contributed by atoms with E-state index in [-0.39, 0.29) is 18.0 Å². The first-order valence-electron chi connectivity index (χ1n) is 12.2. The molecule has 0 aliphatic heterocycles. The number of anilines is 1. The van der Waals surface area contributed by atoms with Crippen molar-refractivity contribution in [3.8, 4) is 5.75 Å². The maximum absolute atomic E-state index is 14.4. The number of amides is 1. The molecule has 1 saturated carbocycles. The van der Waals surface area contributed by atoms with E-state index in [0.717, 1.165) is 29.7 Å². The Hall–Kier alpha value is -3.00. The lowest BCUT2D eigenvalue weighted by molar-refractivity contribution is 0.0288. The predicted molar refractivity (Wildman–Crippen MR) is 135 cm³/mol. The molecule has 7 nitrogen and oxygen atoms in total. The second kappa shape index (κ2) is 9.57. The van der Waals surface area contributed by atoms with Crippen LogP contribution >= 0.6 is 0 Å². The lowest BCUT2D eigenvalue weighted by Gasteiger charge is -2.26. The number of carbonyl (C=O) groups is 1. The molecule has 2 aromatic heterocycles. The zero-order valence-electron chi connectivity index (χ0n) is 21.1. The highest BCUT2D eigenvalue weighted by molar-refractivity contribution is 6.05. The SMILES string of the molecule is CC(C)(O)COc1cc2nn([C@H]3CC[C@H](C)CC3)cc2cc1NC(=O)c1cccc(C(C)(C)F)n1. The van der Waals surface area contributed by atoms with Gasteiger partial charge in [0.1, 0.15) is 23.7 Å².